The Labute approximate surface area is 239 Å². The molecule has 0 heterocycles. The Hall–Kier alpha value is -2.42. The SMILES string of the molecule is COc1ccc(S(=O)(=O)N(CC(C)C)C[C@@H](O)[C@@H](CC(=O)O[C@H]2CCC[C@H]3CCC[C@H]32)Cc2ccccc2)cc1. The third kappa shape index (κ3) is 7.86. The van der Waals surface area contributed by atoms with Gasteiger partial charge in [-0.15, -0.1) is 0 Å². The zero-order valence-corrected chi connectivity index (χ0v) is 24.9. The molecule has 0 aliphatic heterocycles. The number of aliphatic hydroxyl groups excluding tert-OH is 1. The number of carbonyl (C=O) groups is 1. The lowest BCUT2D eigenvalue weighted by molar-refractivity contribution is -0.156. The molecule has 2 aliphatic rings. The van der Waals surface area contributed by atoms with Crippen LogP contribution >= 0.6 is 0 Å². The zero-order valence-electron chi connectivity index (χ0n) is 24.1. The summed E-state index contributed by atoms with van der Waals surface area (Å²) in [6, 6.07) is 16.0. The standard InChI is InChI=1S/C32H45NO6S/c1-23(2)21-33(40(36,37)28-17-15-27(38-3)16-18-28)22-30(34)26(19-24-9-5-4-6-10-24)20-32(35)39-31-14-8-12-25-11-7-13-29(25)31/h4-6,9-10,15-18,23,25-26,29-31,34H,7-8,11-14,19-22H2,1-3H3/t25-,26-,29-,30-,31+/m1/s1. The maximum absolute atomic E-state index is 13.7. The molecule has 0 bridgehead atoms. The maximum Gasteiger partial charge on any atom is 0.306 e. The number of sulfonamides is 1. The van der Waals surface area contributed by atoms with Gasteiger partial charge in [-0.05, 0) is 79.7 Å². The lowest BCUT2D eigenvalue weighted by Gasteiger charge is -2.34. The zero-order chi connectivity index (χ0) is 28.7. The number of carbonyl (C=O) groups excluding carboxylic acids is 1. The number of nitrogens with zero attached hydrogens (tertiary/aromatic N) is 1. The van der Waals surface area contributed by atoms with Crippen molar-refractivity contribution < 1.29 is 27.8 Å². The van der Waals surface area contributed by atoms with Gasteiger partial charge in [-0.25, -0.2) is 8.42 Å². The molecule has 2 aromatic carbocycles. The topological polar surface area (TPSA) is 93.1 Å². The Morgan fingerprint density at radius 3 is 2.30 bits per heavy atom. The molecule has 8 heteroatoms. The van der Waals surface area contributed by atoms with E-state index in [0.29, 0.717) is 24.0 Å². The summed E-state index contributed by atoms with van der Waals surface area (Å²) < 4.78 is 39.9. The molecular weight excluding hydrogens is 526 g/mol. The van der Waals surface area contributed by atoms with Crippen LogP contribution in [0, 0.1) is 23.7 Å². The number of fused-ring (bicyclic) bond motifs is 1. The van der Waals surface area contributed by atoms with Gasteiger partial charge in [0.15, 0.2) is 0 Å². The third-order valence-corrected chi connectivity index (χ3v) is 10.4. The van der Waals surface area contributed by atoms with Crippen LogP contribution in [0.4, 0.5) is 0 Å². The van der Waals surface area contributed by atoms with Crippen LogP contribution in [-0.4, -0.2) is 56.2 Å². The van der Waals surface area contributed by atoms with Crippen LogP contribution in [-0.2, 0) is 26.0 Å². The number of esters is 1. The van der Waals surface area contributed by atoms with Crippen LogP contribution in [0.15, 0.2) is 59.5 Å². The van der Waals surface area contributed by atoms with Crippen molar-refractivity contribution in [3.63, 3.8) is 0 Å². The van der Waals surface area contributed by atoms with Crippen LogP contribution in [0.25, 0.3) is 0 Å². The summed E-state index contributed by atoms with van der Waals surface area (Å²) in [4.78, 5) is 13.4. The lowest BCUT2D eigenvalue weighted by atomic mass is 9.79. The number of benzene rings is 2. The highest BCUT2D eigenvalue weighted by Crippen LogP contribution is 2.43. The third-order valence-electron chi connectivity index (χ3n) is 8.51. The molecule has 4 rings (SSSR count). The molecule has 0 aromatic heterocycles. The average Bonchev–Trinajstić information content (AvgIpc) is 3.43. The van der Waals surface area contributed by atoms with Gasteiger partial charge in [0.25, 0.3) is 0 Å². The van der Waals surface area contributed by atoms with E-state index in [0.717, 1.165) is 24.8 Å². The molecule has 220 valence electrons. The molecule has 2 saturated carbocycles. The molecule has 0 spiro atoms. The molecule has 1 N–H and O–H groups in total. The van der Waals surface area contributed by atoms with Gasteiger partial charge in [0.2, 0.25) is 10.0 Å². The molecule has 40 heavy (non-hydrogen) atoms. The van der Waals surface area contributed by atoms with Crippen molar-refractivity contribution in [2.75, 3.05) is 20.2 Å². The first kappa shape index (κ1) is 30.5. The van der Waals surface area contributed by atoms with E-state index in [1.54, 1.807) is 12.1 Å². The second-order valence-corrected chi connectivity index (χ2v) is 13.9. The van der Waals surface area contributed by atoms with Crippen molar-refractivity contribution in [2.24, 2.45) is 23.7 Å². The predicted molar refractivity (Wildman–Crippen MR) is 155 cm³/mol. The Morgan fingerprint density at radius 2 is 1.65 bits per heavy atom. The normalized spacial score (nSPS) is 22.6. The van der Waals surface area contributed by atoms with Gasteiger partial charge in [-0.1, -0.05) is 57.0 Å². The van der Waals surface area contributed by atoms with E-state index in [-0.39, 0.29) is 42.4 Å². The predicted octanol–water partition coefficient (Wildman–Crippen LogP) is 5.46. The minimum atomic E-state index is -3.88. The second-order valence-electron chi connectivity index (χ2n) is 11.9. The number of rotatable bonds is 13. The van der Waals surface area contributed by atoms with Crippen molar-refractivity contribution in [2.45, 2.75) is 82.3 Å². The highest BCUT2D eigenvalue weighted by atomic mass is 32.2. The summed E-state index contributed by atoms with van der Waals surface area (Å²) in [7, 11) is -2.35. The fraction of sp³-hybridized carbons (Fsp3) is 0.594. The minimum Gasteiger partial charge on any atom is -0.497 e. The van der Waals surface area contributed by atoms with Crippen LogP contribution in [0.5, 0.6) is 5.75 Å². The average molecular weight is 572 g/mol. The molecule has 2 aromatic rings. The van der Waals surface area contributed by atoms with E-state index in [1.165, 1.54) is 42.8 Å². The monoisotopic (exact) mass is 571 g/mol. The molecule has 7 nitrogen and oxygen atoms in total. The number of aliphatic hydroxyl groups is 1. The lowest BCUT2D eigenvalue weighted by Crippen LogP contribution is -2.43. The summed E-state index contributed by atoms with van der Waals surface area (Å²) in [5.74, 6) is 0.932. The molecule has 5 atom stereocenters. The Kier molecular flexibility index (Phi) is 10.7. The Bertz CT molecular complexity index is 1180. The fourth-order valence-electron chi connectivity index (χ4n) is 6.48. The largest absolute Gasteiger partial charge is 0.497 e. The van der Waals surface area contributed by atoms with Crippen molar-refractivity contribution >= 4 is 16.0 Å². The molecule has 0 amide bonds. The molecule has 0 radical (unpaired) electrons. The van der Waals surface area contributed by atoms with Crippen LogP contribution in [0.2, 0.25) is 0 Å². The van der Waals surface area contributed by atoms with Crippen molar-refractivity contribution in [3.05, 3.63) is 60.2 Å². The van der Waals surface area contributed by atoms with Gasteiger partial charge in [0.1, 0.15) is 11.9 Å². The smallest absolute Gasteiger partial charge is 0.306 e. The van der Waals surface area contributed by atoms with Crippen LogP contribution in [0.1, 0.15) is 64.4 Å². The molecular formula is C32H45NO6S. The summed E-state index contributed by atoms with van der Waals surface area (Å²) in [5.41, 5.74) is 0.987. The molecule has 0 unspecified atom stereocenters. The van der Waals surface area contributed by atoms with E-state index in [4.69, 9.17) is 9.47 Å². The summed E-state index contributed by atoms with van der Waals surface area (Å²) in [6.45, 7) is 4.04. The van der Waals surface area contributed by atoms with Gasteiger partial charge in [0, 0.05) is 19.0 Å². The van der Waals surface area contributed by atoms with Crippen molar-refractivity contribution in [1.29, 1.82) is 0 Å². The number of hydrogen-bond acceptors (Lipinski definition) is 6. The van der Waals surface area contributed by atoms with Gasteiger partial charge >= 0.3 is 5.97 Å². The van der Waals surface area contributed by atoms with E-state index in [1.807, 2.05) is 44.2 Å². The highest BCUT2D eigenvalue weighted by molar-refractivity contribution is 7.89. The maximum atomic E-state index is 13.7. The molecule has 2 fully saturated rings. The van der Waals surface area contributed by atoms with Crippen LogP contribution < -0.4 is 4.74 Å². The first-order chi connectivity index (χ1) is 19.2. The molecule has 0 saturated heterocycles. The van der Waals surface area contributed by atoms with E-state index in [9.17, 15) is 18.3 Å². The quantitative estimate of drug-likeness (QED) is 0.321. The summed E-state index contributed by atoms with van der Waals surface area (Å²) in [5, 5.41) is 11.5. The Morgan fingerprint density at radius 1 is 0.975 bits per heavy atom. The van der Waals surface area contributed by atoms with Crippen LogP contribution in [0.3, 0.4) is 0 Å². The van der Waals surface area contributed by atoms with Gasteiger partial charge in [-0.3, -0.25) is 4.79 Å². The van der Waals surface area contributed by atoms with Gasteiger partial charge in [-0.2, -0.15) is 4.31 Å². The highest BCUT2D eigenvalue weighted by Gasteiger charge is 2.39. The first-order valence-corrected chi connectivity index (χ1v) is 16.2. The van der Waals surface area contributed by atoms with Gasteiger partial charge < -0.3 is 14.6 Å². The second kappa shape index (κ2) is 14.0. The molecule has 2 aliphatic carbocycles. The first-order valence-electron chi connectivity index (χ1n) is 14.7. The number of ether oxygens (including phenoxy) is 2. The van der Waals surface area contributed by atoms with Crippen molar-refractivity contribution in [3.8, 4) is 5.75 Å². The summed E-state index contributed by atoms with van der Waals surface area (Å²) in [6.07, 6.45) is 6.16. The van der Waals surface area contributed by atoms with E-state index in [2.05, 4.69) is 0 Å². The minimum absolute atomic E-state index is 0.0437. The van der Waals surface area contributed by atoms with E-state index < -0.39 is 22.0 Å². The number of hydrogen-bond donors (Lipinski definition) is 1. The van der Waals surface area contributed by atoms with Crippen molar-refractivity contribution in [1.82, 2.24) is 4.31 Å². The fourth-order valence-corrected chi connectivity index (χ4v) is 8.10. The Balaban J connectivity index is 1.51. The number of methoxy groups -OCH3 is 1. The van der Waals surface area contributed by atoms with Gasteiger partial charge in [0.05, 0.1) is 24.5 Å². The summed E-state index contributed by atoms with van der Waals surface area (Å²) >= 11 is 0. The van der Waals surface area contributed by atoms with E-state index >= 15 is 0 Å².